The lowest BCUT2D eigenvalue weighted by Gasteiger charge is -2.19. The summed E-state index contributed by atoms with van der Waals surface area (Å²) in [6.45, 7) is 5.67. The quantitative estimate of drug-likeness (QED) is 0.757. The Balaban J connectivity index is 0.000000244. The van der Waals surface area contributed by atoms with E-state index in [-0.39, 0.29) is 18.7 Å². The van der Waals surface area contributed by atoms with Crippen LogP contribution in [0.25, 0.3) is 10.9 Å². The van der Waals surface area contributed by atoms with Crippen LogP contribution in [0, 0.1) is 0 Å². The van der Waals surface area contributed by atoms with Crippen molar-refractivity contribution < 1.29 is 24.2 Å². The predicted molar refractivity (Wildman–Crippen MR) is 101 cm³/mol. The fourth-order valence-electron chi connectivity index (χ4n) is 2.32. The van der Waals surface area contributed by atoms with E-state index in [4.69, 9.17) is 21.4 Å². The molecule has 0 saturated carbocycles. The van der Waals surface area contributed by atoms with Crippen molar-refractivity contribution in [3.63, 3.8) is 0 Å². The number of aliphatic carboxylic acids is 1. The Bertz CT molecular complexity index is 876. The van der Waals surface area contributed by atoms with Gasteiger partial charge < -0.3 is 9.84 Å². The van der Waals surface area contributed by atoms with Gasteiger partial charge in [-0.1, -0.05) is 23.7 Å². The Morgan fingerprint density at radius 3 is 2.44 bits per heavy atom. The Labute approximate surface area is 161 Å². The summed E-state index contributed by atoms with van der Waals surface area (Å²) in [6, 6.07) is 8.23. The SMILES string of the molecule is CC(C)(C)OC(=O)c1ccc2ccc(Cl)cc2n1.O=C1CN[C@@H](C(=O)O)C1. The standard InChI is InChI=1S/C14H14ClNO2.C5H7NO3/c1-14(2,3)18-13(17)11-7-5-9-4-6-10(15)8-12(9)16-11;7-3-1-4(5(8)9)6-2-3/h4-8H,1-3H3;4,6H,1-2H2,(H,8,9)/t;4-/m.1/s1. The van der Waals surface area contributed by atoms with E-state index in [2.05, 4.69) is 10.3 Å². The number of carboxylic acids is 1. The fraction of sp³-hybridized carbons (Fsp3) is 0.368. The summed E-state index contributed by atoms with van der Waals surface area (Å²) in [5.41, 5.74) is 0.452. The number of ether oxygens (including phenoxy) is 1. The molecule has 7 nitrogen and oxygen atoms in total. The highest BCUT2D eigenvalue weighted by molar-refractivity contribution is 6.31. The van der Waals surface area contributed by atoms with Crippen LogP contribution >= 0.6 is 11.6 Å². The maximum absolute atomic E-state index is 11.9. The molecule has 144 valence electrons. The number of hydrogen-bond acceptors (Lipinski definition) is 6. The number of nitrogens with one attached hydrogen (secondary N) is 1. The number of hydrogen-bond donors (Lipinski definition) is 2. The lowest BCUT2D eigenvalue weighted by molar-refractivity contribution is -0.139. The van der Waals surface area contributed by atoms with Gasteiger partial charge in [-0.05, 0) is 39.0 Å². The second-order valence-electron chi connectivity index (χ2n) is 7.05. The number of halogens is 1. The van der Waals surface area contributed by atoms with E-state index >= 15 is 0 Å². The molecule has 1 aromatic heterocycles. The number of carbonyl (C=O) groups excluding carboxylic acids is 2. The zero-order valence-corrected chi connectivity index (χ0v) is 16.0. The zero-order valence-electron chi connectivity index (χ0n) is 15.3. The number of aromatic nitrogens is 1. The van der Waals surface area contributed by atoms with Gasteiger partial charge in [0.2, 0.25) is 0 Å². The van der Waals surface area contributed by atoms with E-state index in [1.54, 1.807) is 18.2 Å². The number of esters is 1. The van der Waals surface area contributed by atoms with Gasteiger partial charge in [-0.3, -0.25) is 14.9 Å². The first-order valence-corrected chi connectivity index (χ1v) is 8.70. The van der Waals surface area contributed by atoms with Crippen molar-refractivity contribution >= 4 is 40.2 Å². The van der Waals surface area contributed by atoms with Crippen molar-refractivity contribution in [3.8, 4) is 0 Å². The normalized spacial score (nSPS) is 16.6. The summed E-state index contributed by atoms with van der Waals surface area (Å²) < 4.78 is 5.27. The molecule has 2 aromatic rings. The van der Waals surface area contributed by atoms with Crippen molar-refractivity contribution in [2.24, 2.45) is 0 Å². The lowest BCUT2D eigenvalue weighted by atomic mass is 10.2. The van der Waals surface area contributed by atoms with E-state index < -0.39 is 23.6 Å². The van der Waals surface area contributed by atoms with Gasteiger partial charge in [-0.2, -0.15) is 0 Å². The third-order valence-corrected chi connectivity index (χ3v) is 3.77. The molecule has 1 aliphatic heterocycles. The van der Waals surface area contributed by atoms with Crippen LogP contribution in [0.3, 0.4) is 0 Å². The molecule has 2 heterocycles. The van der Waals surface area contributed by atoms with Gasteiger partial charge in [0.05, 0.1) is 12.1 Å². The number of carboxylic acid groups (broad SMARTS) is 1. The van der Waals surface area contributed by atoms with Gasteiger partial charge in [0.25, 0.3) is 0 Å². The predicted octanol–water partition coefficient (Wildman–Crippen LogP) is 2.85. The number of rotatable bonds is 2. The minimum absolute atomic E-state index is 0.0256. The van der Waals surface area contributed by atoms with Crippen LogP contribution in [0.1, 0.15) is 37.7 Å². The summed E-state index contributed by atoms with van der Waals surface area (Å²) in [7, 11) is 0. The third-order valence-electron chi connectivity index (χ3n) is 3.54. The Kier molecular flexibility index (Phi) is 6.51. The summed E-state index contributed by atoms with van der Waals surface area (Å²) in [5, 5.41) is 12.4. The fourth-order valence-corrected chi connectivity index (χ4v) is 2.48. The molecule has 0 bridgehead atoms. The largest absolute Gasteiger partial charge is 0.480 e. The number of pyridine rings is 1. The average molecular weight is 393 g/mol. The molecular formula is C19H21ClN2O5. The van der Waals surface area contributed by atoms with Gasteiger partial charge in [-0.15, -0.1) is 0 Å². The van der Waals surface area contributed by atoms with Crippen LogP contribution in [-0.2, 0) is 14.3 Å². The monoisotopic (exact) mass is 392 g/mol. The van der Waals surface area contributed by atoms with Crippen molar-refractivity contribution in [3.05, 3.63) is 41.0 Å². The number of fused-ring (bicyclic) bond motifs is 1. The first-order valence-electron chi connectivity index (χ1n) is 8.33. The Morgan fingerprint density at radius 1 is 1.26 bits per heavy atom. The van der Waals surface area contributed by atoms with Crippen LogP contribution in [0.2, 0.25) is 5.02 Å². The molecule has 1 fully saturated rings. The molecule has 3 rings (SSSR count). The minimum atomic E-state index is -0.944. The molecule has 1 aliphatic rings. The number of benzene rings is 1. The number of nitrogens with zero attached hydrogens (tertiary/aromatic N) is 1. The molecule has 0 amide bonds. The molecule has 0 radical (unpaired) electrons. The molecule has 8 heteroatoms. The van der Waals surface area contributed by atoms with E-state index in [1.165, 1.54) is 0 Å². The van der Waals surface area contributed by atoms with E-state index in [9.17, 15) is 14.4 Å². The third kappa shape index (κ3) is 6.30. The van der Waals surface area contributed by atoms with Crippen LogP contribution in [0.4, 0.5) is 0 Å². The minimum Gasteiger partial charge on any atom is -0.480 e. The highest BCUT2D eigenvalue weighted by Gasteiger charge is 2.26. The van der Waals surface area contributed by atoms with E-state index in [1.807, 2.05) is 32.9 Å². The number of ketones is 1. The van der Waals surface area contributed by atoms with Crippen LogP contribution in [0.5, 0.6) is 0 Å². The second-order valence-corrected chi connectivity index (χ2v) is 7.49. The van der Waals surface area contributed by atoms with Crippen molar-refractivity contribution in [1.29, 1.82) is 0 Å². The van der Waals surface area contributed by atoms with Gasteiger partial charge in [-0.25, -0.2) is 9.78 Å². The Morgan fingerprint density at radius 2 is 1.93 bits per heavy atom. The van der Waals surface area contributed by atoms with Crippen LogP contribution < -0.4 is 5.32 Å². The van der Waals surface area contributed by atoms with Crippen molar-refractivity contribution in [1.82, 2.24) is 10.3 Å². The second kappa shape index (κ2) is 8.45. The smallest absolute Gasteiger partial charge is 0.357 e. The molecule has 0 aliphatic carbocycles. The first kappa shape index (κ1) is 20.8. The van der Waals surface area contributed by atoms with E-state index in [0.29, 0.717) is 16.2 Å². The molecular weight excluding hydrogens is 372 g/mol. The highest BCUT2D eigenvalue weighted by atomic mass is 35.5. The van der Waals surface area contributed by atoms with Gasteiger partial charge >= 0.3 is 11.9 Å². The maximum atomic E-state index is 11.9. The molecule has 2 N–H and O–H groups in total. The summed E-state index contributed by atoms with van der Waals surface area (Å²) in [6.07, 6.45) is 0.134. The Hall–Kier alpha value is -2.51. The molecule has 0 spiro atoms. The zero-order chi connectivity index (χ0) is 20.2. The molecule has 27 heavy (non-hydrogen) atoms. The summed E-state index contributed by atoms with van der Waals surface area (Å²) in [4.78, 5) is 36.7. The topological polar surface area (TPSA) is 106 Å². The van der Waals surface area contributed by atoms with Gasteiger partial charge in [0.1, 0.15) is 23.1 Å². The molecule has 1 saturated heterocycles. The van der Waals surface area contributed by atoms with Crippen LogP contribution in [-0.4, -0.2) is 46.0 Å². The molecule has 1 atom stereocenters. The van der Waals surface area contributed by atoms with Gasteiger partial charge in [0, 0.05) is 16.8 Å². The number of carbonyl (C=O) groups is 3. The highest BCUT2D eigenvalue weighted by Crippen LogP contribution is 2.19. The summed E-state index contributed by atoms with van der Waals surface area (Å²) >= 11 is 5.90. The summed E-state index contributed by atoms with van der Waals surface area (Å²) in [5.74, 6) is -1.40. The molecule has 1 aromatic carbocycles. The average Bonchev–Trinajstić information content (AvgIpc) is 3.00. The maximum Gasteiger partial charge on any atom is 0.357 e. The van der Waals surface area contributed by atoms with Gasteiger partial charge in [0.15, 0.2) is 0 Å². The van der Waals surface area contributed by atoms with E-state index in [0.717, 1.165) is 5.39 Å². The van der Waals surface area contributed by atoms with Crippen molar-refractivity contribution in [2.45, 2.75) is 38.8 Å². The van der Waals surface area contributed by atoms with Crippen molar-refractivity contribution in [2.75, 3.05) is 6.54 Å². The first-order chi connectivity index (χ1) is 12.5. The lowest BCUT2D eigenvalue weighted by Crippen LogP contribution is -2.29. The van der Waals surface area contributed by atoms with Crippen LogP contribution in [0.15, 0.2) is 30.3 Å². The number of Topliss-reactive ketones (excluding diaryl/α,β-unsaturated/α-hetero) is 1. The molecule has 0 unspecified atom stereocenters.